The van der Waals surface area contributed by atoms with Crippen LogP contribution in [-0.2, 0) is 6.54 Å². The van der Waals surface area contributed by atoms with Crippen molar-refractivity contribution in [2.24, 2.45) is 0 Å². The first-order valence-electron chi connectivity index (χ1n) is 7.44. The van der Waals surface area contributed by atoms with Gasteiger partial charge in [0.2, 0.25) is 0 Å². The highest BCUT2D eigenvalue weighted by molar-refractivity contribution is 5.42. The molecule has 3 nitrogen and oxygen atoms in total. The Morgan fingerprint density at radius 2 is 1.95 bits per heavy atom. The number of nitrogens with two attached hydrogens (primary N) is 1. The van der Waals surface area contributed by atoms with Crippen molar-refractivity contribution in [1.82, 2.24) is 9.55 Å². The van der Waals surface area contributed by atoms with Gasteiger partial charge in [0, 0.05) is 11.8 Å². The van der Waals surface area contributed by atoms with Crippen molar-refractivity contribution in [3.63, 3.8) is 0 Å². The van der Waals surface area contributed by atoms with E-state index in [9.17, 15) is 0 Å². The molecule has 19 heavy (non-hydrogen) atoms. The summed E-state index contributed by atoms with van der Waals surface area (Å²) in [5, 5.41) is 0. The molecular weight excluding hydrogens is 234 g/mol. The monoisotopic (exact) mass is 259 g/mol. The second-order valence-corrected chi connectivity index (χ2v) is 5.87. The Morgan fingerprint density at radius 3 is 2.47 bits per heavy atom. The number of anilines is 1. The number of nitrogen functional groups attached to an aromatic ring is 1. The number of aromatic nitrogens is 2. The van der Waals surface area contributed by atoms with Crippen LogP contribution >= 0.6 is 0 Å². The minimum absolute atomic E-state index is 0.357. The smallest absolute Gasteiger partial charge is 0.127 e. The van der Waals surface area contributed by atoms with Gasteiger partial charge in [0.25, 0.3) is 0 Å². The minimum atomic E-state index is 0.357. The largest absolute Gasteiger partial charge is 0.384 e. The minimum Gasteiger partial charge on any atom is -0.384 e. The van der Waals surface area contributed by atoms with Gasteiger partial charge in [-0.1, -0.05) is 45.5 Å². The third-order valence-corrected chi connectivity index (χ3v) is 4.07. The summed E-state index contributed by atoms with van der Waals surface area (Å²) in [5.41, 5.74) is 7.41. The van der Waals surface area contributed by atoms with E-state index in [1.165, 1.54) is 38.5 Å². The predicted molar refractivity (Wildman–Crippen MR) is 80.0 cm³/mol. The Kier molecular flexibility index (Phi) is 4.52. The number of terminal acetylenes is 1. The van der Waals surface area contributed by atoms with Crippen molar-refractivity contribution in [3.05, 3.63) is 11.5 Å². The summed E-state index contributed by atoms with van der Waals surface area (Å²) < 4.78 is 2.02. The Morgan fingerprint density at radius 1 is 1.32 bits per heavy atom. The number of nitrogens with zero attached hydrogens (tertiary/aromatic N) is 2. The maximum absolute atomic E-state index is 6.31. The van der Waals surface area contributed by atoms with Crippen LogP contribution in [0.15, 0.2) is 0 Å². The first kappa shape index (κ1) is 14.0. The van der Waals surface area contributed by atoms with Crippen molar-refractivity contribution in [2.45, 2.75) is 70.8 Å². The summed E-state index contributed by atoms with van der Waals surface area (Å²) in [6, 6.07) is 0. The topological polar surface area (TPSA) is 43.8 Å². The highest BCUT2D eigenvalue weighted by Gasteiger charge is 2.24. The molecule has 0 aliphatic heterocycles. The van der Waals surface area contributed by atoms with Gasteiger partial charge in [-0.15, -0.1) is 6.42 Å². The molecule has 0 amide bonds. The maximum Gasteiger partial charge on any atom is 0.127 e. The molecule has 2 N–H and O–H groups in total. The zero-order chi connectivity index (χ0) is 13.8. The standard InChI is InChI=1S/C16H25N3/c1-4-11-19-15(17)14(18-16(19)12(2)3)13-9-7-5-6-8-10-13/h1,12-13H,5-11,17H2,2-3H3. The molecule has 0 spiro atoms. The van der Waals surface area contributed by atoms with Crippen LogP contribution in [0.1, 0.15) is 75.7 Å². The fraction of sp³-hybridized carbons (Fsp3) is 0.688. The van der Waals surface area contributed by atoms with E-state index in [0.29, 0.717) is 18.4 Å². The molecule has 1 aliphatic carbocycles. The molecule has 1 saturated carbocycles. The SMILES string of the molecule is C#CCn1c(C(C)C)nc(C2CCCCCC2)c1N. The number of hydrogen-bond donors (Lipinski definition) is 1. The predicted octanol–water partition coefficient (Wildman–Crippen LogP) is 3.66. The van der Waals surface area contributed by atoms with Gasteiger partial charge < -0.3 is 10.3 Å². The molecule has 2 rings (SSSR count). The van der Waals surface area contributed by atoms with Crippen LogP contribution in [0.25, 0.3) is 0 Å². The average Bonchev–Trinajstić information content (AvgIpc) is 2.58. The molecule has 1 aliphatic rings. The summed E-state index contributed by atoms with van der Waals surface area (Å²) in [6.07, 6.45) is 13.2. The normalized spacial score (nSPS) is 17.4. The maximum atomic E-state index is 6.31. The van der Waals surface area contributed by atoms with E-state index < -0.39 is 0 Å². The molecule has 0 aromatic carbocycles. The lowest BCUT2D eigenvalue weighted by molar-refractivity contribution is 0.579. The molecule has 0 unspecified atom stereocenters. The Labute approximate surface area is 116 Å². The van der Waals surface area contributed by atoms with E-state index in [1.54, 1.807) is 0 Å². The van der Waals surface area contributed by atoms with Gasteiger partial charge in [0.15, 0.2) is 0 Å². The Balaban J connectivity index is 2.34. The van der Waals surface area contributed by atoms with E-state index in [1.807, 2.05) is 4.57 Å². The zero-order valence-electron chi connectivity index (χ0n) is 12.2. The summed E-state index contributed by atoms with van der Waals surface area (Å²) in [4.78, 5) is 4.84. The molecule has 104 valence electrons. The first-order chi connectivity index (χ1) is 9.15. The second kappa shape index (κ2) is 6.14. The van der Waals surface area contributed by atoms with Crippen molar-refractivity contribution in [1.29, 1.82) is 0 Å². The number of rotatable bonds is 3. The van der Waals surface area contributed by atoms with Crippen molar-refractivity contribution in [3.8, 4) is 12.3 Å². The third kappa shape index (κ3) is 2.94. The van der Waals surface area contributed by atoms with Crippen LogP contribution in [0.5, 0.6) is 0 Å². The lowest BCUT2D eigenvalue weighted by atomic mass is 9.96. The van der Waals surface area contributed by atoms with Gasteiger partial charge in [-0.2, -0.15) is 0 Å². The molecule has 0 bridgehead atoms. The van der Waals surface area contributed by atoms with Gasteiger partial charge in [0.1, 0.15) is 11.6 Å². The molecule has 0 atom stereocenters. The van der Waals surface area contributed by atoms with E-state index in [4.69, 9.17) is 17.1 Å². The highest BCUT2D eigenvalue weighted by Crippen LogP contribution is 2.35. The van der Waals surface area contributed by atoms with E-state index >= 15 is 0 Å². The molecule has 1 aromatic rings. The van der Waals surface area contributed by atoms with Crippen LogP contribution in [-0.4, -0.2) is 9.55 Å². The van der Waals surface area contributed by atoms with E-state index in [-0.39, 0.29) is 0 Å². The summed E-state index contributed by atoms with van der Waals surface area (Å²) in [7, 11) is 0. The quantitative estimate of drug-likeness (QED) is 0.665. The fourth-order valence-corrected chi connectivity index (χ4v) is 3.05. The van der Waals surface area contributed by atoms with E-state index in [0.717, 1.165) is 17.3 Å². The highest BCUT2D eigenvalue weighted by atomic mass is 15.1. The summed E-state index contributed by atoms with van der Waals surface area (Å²) in [6.45, 7) is 4.82. The summed E-state index contributed by atoms with van der Waals surface area (Å²) >= 11 is 0. The fourth-order valence-electron chi connectivity index (χ4n) is 3.05. The molecule has 3 heteroatoms. The van der Waals surface area contributed by atoms with Crippen LogP contribution in [0.4, 0.5) is 5.82 Å². The Bertz CT molecular complexity index is 457. The molecule has 0 radical (unpaired) electrons. The van der Waals surface area contributed by atoms with Crippen molar-refractivity contribution < 1.29 is 0 Å². The van der Waals surface area contributed by atoms with Crippen molar-refractivity contribution in [2.75, 3.05) is 5.73 Å². The van der Waals surface area contributed by atoms with Gasteiger partial charge >= 0.3 is 0 Å². The molecule has 1 aromatic heterocycles. The van der Waals surface area contributed by atoms with E-state index in [2.05, 4.69) is 19.8 Å². The van der Waals surface area contributed by atoms with Crippen LogP contribution in [0, 0.1) is 12.3 Å². The van der Waals surface area contributed by atoms with Gasteiger partial charge in [-0.25, -0.2) is 4.98 Å². The average molecular weight is 259 g/mol. The van der Waals surface area contributed by atoms with Crippen LogP contribution in [0.2, 0.25) is 0 Å². The molecule has 0 saturated heterocycles. The number of hydrogen-bond acceptors (Lipinski definition) is 2. The van der Waals surface area contributed by atoms with Gasteiger partial charge in [0.05, 0.1) is 12.2 Å². The van der Waals surface area contributed by atoms with Crippen molar-refractivity contribution >= 4 is 5.82 Å². The molecule has 1 fully saturated rings. The lowest BCUT2D eigenvalue weighted by Gasteiger charge is -2.12. The molecular formula is C16H25N3. The van der Waals surface area contributed by atoms with Crippen LogP contribution in [0.3, 0.4) is 0 Å². The third-order valence-electron chi connectivity index (χ3n) is 4.07. The zero-order valence-corrected chi connectivity index (χ0v) is 12.2. The van der Waals surface area contributed by atoms with Crippen LogP contribution < -0.4 is 5.73 Å². The molecule has 1 heterocycles. The van der Waals surface area contributed by atoms with Gasteiger partial charge in [-0.3, -0.25) is 0 Å². The summed E-state index contributed by atoms with van der Waals surface area (Å²) in [5.74, 6) is 5.41. The van der Waals surface area contributed by atoms with Gasteiger partial charge in [-0.05, 0) is 12.8 Å². The number of imidazole rings is 1. The Hall–Kier alpha value is -1.43. The first-order valence-corrected chi connectivity index (χ1v) is 7.44. The second-order valence-electron chi connectivity index (χ2n) is 5.87. The lowest BCUT2D eigenvalue weighted by Crippen LogP contribution is -2.08.